The van der Waals surface area contributed by atoms with Crippen LogP contribution in [-0.4, -0.2) is 50.8 Å². The molecule has 7 heteroatoms. The first-order valence-corrected chi connectivity index (χ1v) is 8.63. The second-order valence-electron chi connectivity index (χ2n) is 7.03. The summed E-state index contributed by atoms with van der Waals surface area (Å²) in [5.41, 5.74) is 8.73. The van der Waals surface area contributed by atoms with Crippen LogP contribution in [0.15, 0.2) is 24.5 Å². The van der Waals surface area contributed by atoms with Gasteiger partial charge in [-0.05, 0) is 38.8 Å². The Balaban J connectivity index is 1.79. The number of nitrogens with zero attached hydrogens (tertiary/aromatic N) is 3. The molecule has 2 amide bonds. The summed E-state index contributed by atoms with van der Waals surface area (Å²) in [6, 6.07) is 3.28. The summed E-state index contributed by atoms with van der Waals surface area (Å²) < 4.78 is 1.92. The largest absolute Gasteiger partial charge is 0.352 e. The standard InChI is InChI=1S/C18H25N5O2/c1-11(2)21-18(25)15-7-13(19)10-23(15)16(24)8-14-9-20-17-12(3)5-4-6-22(14)17/h4-6,9,11,13,15H,7-8,10,19H2,1-3H3,(H,21,25)/t13-,15-/m0/s1. The van der Waals surface area contributed by atoms with Gasteiger partial charge in [0.2, 0.25) is 11.8 Å². The van der Waals surface area contributed by atoms with Crippen LogP contribution in [0.1, 0.15) is 31.5 Å². The summed E-state index contributed by atoms with van der Waals surface area (Å²) in [5, 5.41) is 2.88. The molecule has 134 valence electrons. The molecule has 2 aromatic heterocycles. The average Bonchev–Trinajstić information content (AvgIpc) is 3.12. The predicted molar refractivity (Wildman–Crippen MR) is 95.0 cm³/mol. The monoisotopic (exact) mass is 343 g/mol. The summed E-state index contributed by atoms with van der Waals surface area (Å²) in [6.07, 6.45) is 4.31. The van der Waals surface area contributed by atoms with E-state index in [9.17, 15) is 9.59 Å². The van der Waals surface area contributed by atoms with Gasteiger partial charge in [0.15, 0.2) is 0 Å². The highest BCUT2D eigenvalue weighted by Crippen LogP contribution is 2.19. The molecule has 0 saturated carbocycles. The fraction of sp³-hybridized carbons (Fsp3) is 0.500. The van der Waals surface area contributed by atoms with E-state index in [2.05, 4.69) is 10.3 Å². The summed E-state index contributed by atoms with van der Waals surface area (Å²) in [6.45, 7) is 6.20. The predicted octanol–water partition coefficient (Wildman–Crippen LogP) is 0.638. The Hall–Kier alpha value is -2.41. The van der Waals surface area contributed by atoms with Crippen LogP contribution < -0.4 is 11.1 Å². The lowest BCUT2D eigenvalue weighted by atomic mass is 10.1. The first-order chi connectivity index (χ1) is 11.9. The van der Waals surface area contributed by atoms with Crippen molar-refractivity contribution in [3.8, 4) is 0 Å². The number of amides is 2. The molecule has 0 radical (unpaired) electrons. The van der Waals surface area contributed by atoms with Crippen LogP contribution in [0.5, 0.6) is 0 Å². The zero-order valence-electron chi connectivity index (χ0n) is 14.9. The molecule has 0 bridgehead atoms. The third kappa shape index (κ3) is 3.51. The Morgan fingerprint density at radius 1 is 1.44 bits per heavy atom. The van der Waals surface area contributed by atoms with Gasteiger partial charge in [-0.3, -0.25) is 9.59 Å². The van der Waals surface area contributed by atoms with Crippen molar-refractivity contribution in [2.75, 3.05) is 6.54 Å². The minimum atomic E-state index is -0.495. The highest BCUT2D eigenvalue weighted by Gasteiger charge is 2.38. The molecule has 2 atom stereocenters. The zero-order chi connectivity index (χ0) is 18.1. The lowest BCUT2D eigenvalue weighted by molar-refractivity contribution is -0.138. The number of likely N-dealkylation sites (tertiary alicyclic amines) is 1. The van der Waals surface area contributed by atoms with Gasteiger partial charge in [-0.2, -0.15) is 0 Å². The van der Waals surface area contributed by atoms with Gasteiger partial charge in [0.05, 0.1) is 12.1 Å². The first-order valence-electron chi connectivity index (χ1n) is 8.63. The van der Waals surface area contributed by atoms with Crippen molar-refractivity contribution >= 4 is 17.5 Å². The second kappa shape index (κ2) is 6.84. The summed E-state index contributed by atoms with van der Waals surface area (Å²) in [5.74, 6) is -0.231. The minimum Gasteiger partial charge on any atom is -0.352 e. The molecule has 0 spiro atoms. The van der Waals surface area contributed by atoms with E-state index >= 15 is 0 Å². The van der Waals surface area contributed by atoms with Crippen LogP contribution in [0, 0.1) is 6.92 Å². The van der Waals surface area contributed by atoms with Gasteiger partial charge in [0.25, 0.3) is 0 Å². The van der Waals surface area contributed by atoms with Gasteiger partial charge < -0.3 is 20.4 Å². The molecule has 0 aliphatic carbocycles. The Morgan fingerprint density at radius 3 is 2.92 bits per heavy atom. The Labute approximate surface area is 147 Å². The molecule has 3 heterocycles. The Bertz CT molecular complexity index is 798. The number of aromatic nitrogens is 2. The van der Waals surface area contributed by atoms with Gasteiger partial charge in [0.1, 0.15) is 11.7 Å². The molecule has 1 saturated heterocycles. The van der Waals surface area contributed by atoms with Crippen molar-refractivity contribution < 1.29 is 9.59 Å². The maximum absolute atomic E-state index is 12.8. The maximum atomic E-state index is 12.8. The first kappa shape index (κ1) is 17.4. The fourth-order valence-electron chi connectivity index (χ4n) is 3.36. The SMILES string of the molecule is Cc1cccn2c(CC(=O)N3C[C@@H](N)C[C@H]3C(=O)NC(C)C)cnc12. The molecule has 0 unspecified atom stereocenters. The lowest BCUT2D eigenvalue weighted by Gasteiger charge is -2.24. The number of carbonyl (C=O) groups excluding carboxylic acids is 2. The summed E-state index contributed by atoms with van der Waals surface area (Å²) >= 11 is 0. The normalized spacial score (nSPS) is 20.4. The molecule has 0 aromatic carbocycles. The molecule has 3 rings (SSSR count). The molecule has 1 aliphatic rings. The van der Waals surface area contributed by atoms with Gasteiger partial charge in [-0.1, -0.05) is 6.07 Å². The molecular formula is C18H25N5O2. The second-order valence-corrected chi connectivity index (χ2v) is 7.03. The van der Waals surface area contributed by atoms with E-state index in [4.69, 9.17) is 5.73 Å². The number of aryl methyl sites for hydroxylation is 1. The molecular weight excluding hydrogens is 318 g/mol. The van der Waals surface area contributed by atoms with Crippen LogP contribution in [-0.2, 0) is 16.0 Å². The molecule has 25 heavy (non-hydrogen) atoms. The zero-order valence-corrected chi connectivity index (χ0v) is 14.9. The Morgan fingerprint density at radius 2 is 2.20 bits per heavy atom. The third-order valence-electron chi connectivity index (χ3n) is 4.53. The van der Waals surface area contributed by atoms with E-state index < -0.39 is 6.04 Å². The minimum absolute atomic E-state index is 0.0306. The number of imidazole rings is 1. The van der Waals surface area contributed by atoms with Crippen LogP contribution in [0.3, 0.4) is 0 Å². The highest BCUT2D eigenvalue weighted by molar-refractivity contribution is 5.89. The molecule has 3 N–H and O–H groups in total. The highest BCUT2D eigenvalue weighted by atomic mass is 16.2. The molecule has 1 aliphatic heterocycles. The number of carbonyl (C=O) groups is 2. The van der Waals surface area contributed by atoms with Gasteiger partial charge in [0, 0.05) is 31.0 Å². The number of pyridine rings is 1. The van der Waals surface area contributed by atoms with Gasteiger partial charge >= 0.3 is 0 Å². The van der Waals surface area contributed by atoms with Crippen LogP contribution >= 0.6 is 0 Å². The van der Waals surface area contributed by atoms with E-state index in [-0.39, 0.29) is 30.3 Å². The summed E-state index contributed by atoms with van der Waals surface area (Å²) in [7, 11) is 0. The van der Waals surface area contributed by atoms with E-state index in [0.29, 0.717) is 13.0 Å². The van der Waals surface area contributed by atoms with Crippen molar-refractivity contribution in [2.45, 2.75) is 51.7 Å². The molecule has 1 fully saturated rings. The topological polar surface area (TPSA) is 92.7 Å². The number of rotatable bonds is 4. The number of hydrogen-bond donors (Lipinski definition) is 2. The van der Waals surface area contributed by atoms with Crippen LogP contribution in [0.25, 0.3) is 5.65 Å². The third-order valence-corrected chi connectivity index (χ3v) is 4.53. The van der Waals surface area contributed by atoms with E-state index in [1.54, 1.807) is 11.1 Å². The van der Waals surface area contributed by atoms with Crippen molar-refractivity contribution in [2.24, 2.45) is 5.73 Å². The van der Waals surface area contributed by atoms with Crippen molar-refractivity contribution in [1.82, 2.24) is 19.6 Å². The number of nitrogens with two attached hydrogens (primary N) is 1. The smallest absolute Gasteiger partial charge is 0.243 e. The van der Waals surface area contributed by atoms with Crippen molar-refractivity contribution in [1.29, 1.82) is 0 Å². The van der Waals surface area contributed by atoms with Crippen LogP contribution in [0.2, 0.25) is 0 Å². The van der Waals surface area contributed by atoms with Crippen LogP contribution in [0.4, 0.5) is 0 Å². The number of fused-ring (bicyclic) bond motifs is 1. The van der Waals surface area contributed by atoms with Gasteiger partial charge in [-0.25, -0.2) is 4.98 Å². The number of nitrogens with one attached hydrogen (secondary N) is 1. The van der Waals surface area contributed by atoms with Crippen molar-refractivity contribution in [3.05, 3.63) is 35.8 Å². The number of hydrogen-bond acceptors (Lipinski definition) is 4. The van der Waals surface area contributed by atoms with Gasteiger partial charge in [-0.15, -0.1) is 0 Å². The summed E-state index contributed by atoms with van der Waals surface area (Å²) in [4.78, 5) is 31.2. The van der Waals surface area contributed by atoms with Crippen molar-refractivity contribution in [3.63, 3.8) is 0 Å². The average molecular weight is 343 g/mol. The molecule has 2 aromatic rings. The maximum Gasteiger partial charge on any atom is 0.243 e. The Kier molecular flexibility index (Phi) is 4.76. The quantitative estimate of drug-likeness (QED) is 0.852. The van der Waals surface area contributed by atoms with E-state index in [0.717, 1.165) is 16.9 Å². The lowest BCUT2D eigenvalue weighted by Crippen LogP contribution is -2.48. The van der Waals surface area contributed by atoms with E-state index in [1.165, 1.54) is 0 Å². The fourth-order valence-corrected chi connectivity index (χ4v) is 3.36. The van der Waals surface area contributed by atoms with E-state index in [1.807, 2.05) is 43.5 Å². The molecule has 7 nitrogen and oxygen atoms in total.